The van der Waals surface area contributed by atoms with Gasteiger partial charge < -0.3 is 4.74 Å². The fourth-order valence-corrected chi connectivity index (χ4v) is 1.25. The van der Waals surface area contributed by atoms with Crippen LogP contribution in [-0.4, -0.2) is 14.8 Å². The fourth-order valence-electron chi connectivity index (χ4n) is 1.25. The second-order valence-corrected chi connectivity index (χ2v) is 3.31. The predicted octanol–water partition coefficient (Wildman–Crippen LogP) is 2.17. The molecule has 78 valence electrons. The largest absolute Gasteiger partial charge is 0.436 e. The first-order chi connectivity index (χ1) is 7.28. The Labute approximate surface area is 88.5 Å². The summed E-state index contributed by atoms with van der Waals surface area (Å²) in [5, 5.41) is 4.01. The Morgan fingerprint density at radius 1 is 1.33 bits per heavy atom. The van der Waals surface area contributed by atoms with Crippen LogP contribution in [0, 0.1) is 0 Å². The molecule has 4 nitrogen and oxygen atoms in total. The monoisotopic (exact) mass is 203 g/mol. The summed E-state index contributed by atoms with van der Waals surface area (Å²) in [6, 6.07) is 3.88. The highest BCUT2D eigenvalue weighted by atomic mass is 16.5. The van der Waals surface area contributed by atoms with Crippen molar-refractivity contribution in [2.45, 2.75) is 13.3 Å². The zero-order chi connectivity index (χ0) is 10.7. The molecule has 0 atom stereocenters. The standard InChI is InChI=1S/C11H13N3O/c1-3-9-4-5-11(12-6-9)15-10-7-13-14(2)8-10/h4-8H,3H2,1-2H3. The molecule has 15 heavy (non-hydrogen) atoms. The number of hydrogen-bond donors (Lipinski definition) is 0. The van der Waals surface area contributed by atoms with E-state index in [0.29, 0.717) is 11.6 Å². The van der Waals surface area contributed by atoms with Crippen LogP contribution in [-0.2, 0) is 13.5 Å². The average Bonchev–Trinajstić information content (AvgIpc) is 2.65. The maximum atomic E-state index is 5.50. The second kappa shape index (κ2) is 4.13. The summed E-state index contributed by atoms with van der Waals surface area (Å²) >= 11 is 0. The smallest absolute Gasteiger partial charge is 0.219 e. The molecule has 0 aliphatic heterocycles. The highest BCUT2D eigenvalue weighted by molar-refractivity contribution is 5.23. The molecule has 0 saturated carbocycles. The fraction of sp³-hybridized carbons (Fsp3) is 0.273. The molecule has 0 amide bonds. The van der Waals surface area contributed by atoms with Crippen LogP contribution in [0.3, 0.4) is 0 Å². The average molecular weight is 203 g/mol. The van der Waals surface area contributed by atoms with Crippen molar-refractivity contribution in [2.24, 2.45) is 7.05 Å². The molecule has 0 aliphatic rings. The molecule has 0 N–H and O–H groups in total. The van der Waals surface area contributed by atoms with E-state index in [-0.39, 0.29) is 0 Å². The Hall–Kier alpha value is -1.84. The lowest BCUT2D eigenvalue weighted by atomic mass is 10.2. The van der Waals surface area contributed by atoms with Gasteiger partial charge >= 0.3 is 0 Å². The molecule has 0 aliphatic carbocycles. The highest BCUT2D eigenvalue weighted by Gasteiger charge is 2.00. The Balaban J connectivity index is 2.11. The van der Waals surface area contributed by atoms with Crippen LogP contribution in [0.1, 0.15) is 12.5 Å². The summed E-state index contributed by atoms with van der Waals surface area (Å²) < 4.78 is 7.19. The summed E-state index contributed by atoms with van der Waals surface area (Å²) in [4.78, 5) is 4.19. The van der Waals surface area contributed by atoms with Crippen LogP contribution in [0.4, 0.5) is 0 Å². The molecule has 2 heterocycles. The summed E-state index contributed by atoms with van der Waals surface area (Å²) in [5.41, 5.74) is 1.20. The first kappa shape index (κ1) is 9.71. The molecule has 0 unspecified atom stereocenters. The van der Waals surface area contributed by atoms with Crippen molar-refractivity contribution in [1.29, 1.82) is 0 Å². The lowest BCUT2D eigenvalue weighted by Gasteiger charge is -2.01. The number of nitrogens with zero attached hydrogens (tertiary/aromatic N) is 3. The number of pyridine rings is 1. The molecule has 0 saturated heterocycles. The van der Waals surface area contributed by atoms with Crippen LogP contribution < -0.4 is 4.74 Å². The van der Waals surface area contributed by atoms with E-state index in [0.717, 1.165) is 6.42 Å². The van der Waals surface area contributed by atoms with Gasteiger partial charge in [0.05, 0.1) is 12.4 Å². The topological polar surface area (TPSA) is 39.9 Å². The Morgan fingerprint density at radius 2 is 2.20 bits per heavy atom. The van der Waals surface area contributed by atoms with E-state index in [9.17, 15) is 0 Å². The number of aromatic nitrogens is 3. The van der Waals surface area contributed by atoms with Gasteiger partial charge in [0.1, 0.15) is 0 Å². The van der Waals surface area contributed by atoms with Gasteiger partial charge in [0.2, 0.25) is 5.88 Å². The number of ether oxygens (including phenoxy) is 1. The Morgan fingerprint density at radius 3 is 2.73 bits per heavy atom. The molecule has 0 spiro atoms. The minimum atomic E-state index is 0.597. The van der Waals surface area contributed by atoms with Gasteiger partial charge in [-0.3, -0.25) is 4.68 Å². The van der Waals surface area contributed by atoms with Crippen molar-refractivity contribution in [1.82, 2.24) is 14.8 Å². The van der Waals surface area contributed by atoms with Crippen LogP contribution in [0.25, 0.3) is 0 Å². The van der Waals surface area contributed by atoms with E-state index >= 15 is 0 Å². The van der Waals surface area contributed by atoms with E-state index < -0.39 is 0 Å². The summed E-state index contributed by atoms with van der Waals surface area (Å²) in [7, 11) is 1.85. The first-order valence-electron chi connectivity index (χ1n) is 4.89. The third-order valence-corrected chi connectivity index (χ3v) is 2.11. The van der Waals surface area contributed by atoms with Crippen LogP contribution >= 0.6 is 0 Å². The van der Waals surface area contributed by atoms with Crippen molar-refractivity contribution < 1.29 is 4.74 Å². The summed E-state index contributed by atoms with van der Waals surface area (Å²) in [6.45, 7) is 2.10. The molecule has 0 bridgehead atoms. The summed E-state index contributed by atoms with van der Waals surface area (Å²) in [6.07, 6.45) is 6.27. The van der Waals surface area contributed by atoms with Gasteiger partial charge in [0.25, 0.3) is 0 Å². The third-order valence-electron chi connectivity index (χ3n) is 2.11. The zero-order valence-electron chi connectivity index (χ0n) is 8.84. The second-order valence-electron chi connectivity index (χ2n) is 3.31. The molecule has 2 aromatic rings. The lowest BCUT2D eigenvalue weighted by Crippen LogP contribution is -1.88. The van der Waals surface area contributed by atoms with Gasteiger partial charge in [-0.25, -0.2) is 4.98 Å². The molecular formula is C11H13N3O. The van der Waals surface area contributed by atoms with Gasteiger partial charge in [-0.2, -0.15) is 5.10 Å². The van der Waals surface area contributed by atoms with Gasteiger partial charge in [-0.15, -0.1) is 0 Å². The van der Waals surface area contributed by atoms with E-state index in [4.69, 9.17) is 4.74 Å². The normalized spacial score (nSPS) is 10.3. The van der Waals surface area contributed by atoms with Gasteiger partial charge in [0.15, 0.2) is 5.75 Å². The molecule has 4 heteroatoms. The van der Waals surface area contributed by atoms with Crippen LogP contribution in [0.2, 0.25) is 0 Å². The van der Waals surface area contributed by atoms with E-state index in [1.165, 1.54) is 5.56 Å². The minimum absolute atomic E-state index is 0.597. The Kier molecular flexibility index (Phi) is 2.67. The quantitative estimate of drug-likeness (QED) is 0.767. The maximum absolute atomic E-state index is 5.50. The van der Waals surface area contributed by atoms with Gasteiger partial charge in [-0.05, 0) is 12.0 Å². The highest BCUT2D eigenvalue weighted by Crippen LogP contribution is 2.17. The Bertz CT molecular complexity index is 433. The van der Waals surface area contributed by atoms with Crippen molar-refractivity contribution in [3.63, 3.8) is 0 Å². The molecule has 2 aromatic heterocycles. The zero-order valence-corrected chi connectivity index (χ0v) is 8.84. The van der Waals surface area contributed by atoms with E-state index in [2.05, 4.69) is 17.0 Å². The molecule has 0 fully saturated rings. The van der Waals surface area contributed by atoms with Crippen LogP contribution in [0.15, 0.2) is 30.7 Å². The molecule has 0 aromatic carbocycles. The van der Waals surface area contributed by atoms with Crippen molar-refractivity contribution in [2.75, 3.05) is 0 Å². The molecular weight excluding hydrogens is 190 g/mol. The third kappa shape index (κ3) is 2.34. The van der Waals surface area contributed by atoms with Crippen molar-refractivity contribution in [3.05, 3.63) is 36.3 Å². The molecule has 2 rings (SSSR count). The number of aryl methyl sites for hydroxylation is 2. The maximum Gasteiger partial charge on any atom is 0.219 e. The summed E-state index contributed by atoms with van der Waals surface area (Å²) in [5.74, 6) is 1.30. The SMILES string of the molecule is CCc1ccc(Oc2cnn(C)c2)nc1. The van der Waals surface area contributed by atoms with Crippen molar-refractivity contribution in [3.8, 4) is 11.6 Å². The first-order valence-corrected chi connectivity index (χ1v) is 4.89. The number of rotatable bonds is 3. The van der Waals surface area contributed by atoms with E-state index in [1.54, 1.807) is 17.1 Å². The predicted molar refractivity (Wildman–Crippen MR) is 56.9 cm³/mol. The van der Waals surface area contributed by atoms with Gasteiger partial charge in [-0.1, -0.05) is 13.0 Å². The number of hydrogen-bond acceptors (Lipinski definition) is 3. The lowest BCUT2D eigenvalue weighted by molar-refractivity contribution is 0.462. The van der Waals surface area contributed by atoms with E-state index in [1.807, 2.05) is 25.4 Å². The molecule has 0 radical (unpaired) electrons. The van der Waals surface area contributed by atoms with Gasteiger partial charge in [0, 0.05) is 19.3 Å². The van der Waals surface area contributed by atoms with Crippen LogP contribution in [0.5, 0.6) is 11.6 Å². The van der Waals surface area contributed by atoms with Crippen molar-refractivity contribution >= 4 is 0 Å². The minimum Gasteiger partial charge on any atom is -0.436 e.